The highest BCUT2D eigenvalue weighted by molar-refractivity contribution is 7.18. The number of hydrogen-bond donors (Lipinski definition) is 0. The van der Waals surface area contributed by atoms with E-state index < -0.39 is 0 Å². The van der Waals surface area contributed by atoms with Crippen LogP contribution in [0, 0.1) is 11.3 Å². The Kier molecular flexibility index (Phi) is 1.30. The fraction of sp³-hybridized carbons (Fsp3) is 0. The van der Waals surface area contributed by atoms with Crippen molar-refractivity contribution in [2.24, 2.45) is 0 Å². The van der Waals surface area contributed by atoms with Crippen molar-refractivity contribution in [1.82, 2.24) is 9.97 Å². The normalized spacial score (nSPS) is 9.73. The molecule has 0 bridgehead atoms. The van der Waals surface area contributed by atoms with Crippen LogP contribution in [0.15, 0.2) is 18.3 Å². The summed E-state index contributed by atoms with van der Waals surface area (Å²) in [6.07, 6.45) is 1.70. The molecule has 0 N–H and O–H groups in total. The molecule has 0 saturated heterocycles. The van der Waals surface area contributed by atoms with Crippen LogP contribution in [-0.2, 0) is 0 Å². The van der Waals surface area contributed by atoms with Crippen molar-refractivity contribution in [2.75, 3.05) is 0 Å². The SMILES string of the molecule is N#Cc1nc2cccnc2s1. The maximum absolute atomic E-state index is 8.51. The molecule has 4 heteroatoms. The van der Waals surface area contributed by atoms with Crippen LogP contribution >= 0.6 is 11.3 Å². The van der Waals surface area contributed by atoms with Crippen molar-refractivity contribution >= 4 is 21.7 Å². The van der Waals surface area contributed by atoms with E-state index >= 15 is 0 Å². The summed E-state index contributed by atoms with van der Waals surface area (Å²) in [6.45, 7) is 0. The van der Waals surface area contributed by atoms with Crippen LogP contribution in [0.5, 0.6) is 0 Å². The molecule has 0 radical (unpaired) electrons. The van der Waals surface area contributed by atoms with Crippen molar-refractivity contribution in [3.63, 3.8) is 0 Å². The largest absolute Gasteiger partial charge is 0.244 e. The number of nitrogens with zero attached hydrogens (tertiary/aromatic N) is 3. The lowest BCUT2D eigenvalue weighted by atomic mass is 10.5. The molecule has 11 heavy (non-hydrogen) atoms. The van der Waals surface area contributed by atoms with Crippen LogP contribution in [0.2, 0.25) is 0 Å². The Hall–Kier alpha value is -1.47. The average Bonchev–Trinajstić information content (AvgIpc) is 2.46. The summed E-state index contributed by atoms with van der Waals surface area (Å²) in [7, 11) is 0. The molecule has 2 heterocycles. The summed E-state index contributed by atoms with van der Waals surface area (Å²) in [4.78, 5) is 8.90. The molecular weight excluding hydrogens is 158 g/mol. The molecule has 0 amide bonds. The topological polar surface area (TPSA) is 49.6 Å². The van der Waals surface area contributed by atoms with Crippen molar-refractivity contribution in [3.8, 4) is 6.07 Å². The van der Waals surface area contributed by atoms with Gasteiger partial charge in [-0.2, -0.15) is 5.26 Å². The number of pyridine rings is 1. The van der Waals surface area contributed by atoms with Gasteiger partial charge in [-0.25, -0.2) is 9.97 Å². The van der Waals surface area contributed by atoms with E-state index in [1.165, 1.54) is 11.3 Å². The molecule has 52 valence electrons. The fourth-order valence-electron chi connectivity index (χ4n) is 0.818. The summed E-state index contributed by atoms with van der Waals surface area (Å²) in [6, 6.07) is 5.64. The fourth-order valence-corrected chi connectivity index (χ4v) is 1.52. The lowest BCUT2D eigenvalue weighted by Crippen LogP contribution is -1.70. The first-order valence-corrected chi connectivity index (χ1v) is 3.83. The second kappa shape index (κ2) is 2.29. The van der Waals surface area contributed by atoms with Crippen molar-refractivity contribution in [2.45, 2.75) is 0 Å². The molecule has 0 fully saturated rings. The van der Waals surface area contributed by atoms with Gasteiger partial charge in [0.2, 0.25) is 0 Å². The van der Waals surface area contributed by atoms with E-state index in [0.29, 0.717) is 5.01 Å². The van der Waals surface area contributed by atoms with Gasteiger partial charge in [0, 0.05) is 6.20 Å². The van der Waals surface area contributed by atoms with Gasteiger partial charge in [0.25, 0.3) is 0 Å². The predicted octanol–water partition coefficient (Wildman–Crippen LogP) is 1.56. The molecule has 0 saturated carbocycles. The molecule has 2 aromatic rings. The Morgan fingerprint density at radius 1 is 1.55 bits per heavy atom. The van der Waals surface area contributed by atoms with E-state index in [1.54, 1.807) is 6.20 Å². The molecule has 0 aliphatic heterocycles. The molecule has 0 atom stereocenters. The summed E-state index contributed by atoms with van der Waals surface area (Å²) < 4.78 is 0. The monoisotopic (exact) mass is 161 g/mol. The van der Waals surface area contributed by atoms with Crippen molar-refractivity contribution < 1.29 is 0 Å². The average molecular weight is 161 g/mol. The first-order valence-electron chi connectivity index (χ1n) is 3.02. The zero-order valence-electron chi connectivity index (χ0n) is 5.48. The first-order chi connectivity index (χ1) is 5.40. The van der Waals surface area contributed by atoms with E-state index in [4.69, 9.17) is 5.26 Å². The zero-order valence-corrected chi connectivity index (χ0v) is 6.30. The highest BCUT2D eigenvalue weighted by atomic mass is 32.1. The Morgan fingerprint density at radius 3 is 3.18 bits per heavy atom. The van der Waals surface area contributed by atoms with E-state index in [-0.39, 0.29) is 0 Å². The predicted molar refractivity (Wildman–Crippen MR) is 42.1 cm³/mol. The molecular formula is C7H3N3S. The van der Waals surface area contributed by atoms with E-state index in [9.17, 15) is 0 Å². The van der Waals surface area contributed by atoms with Crippen LogP contribution < -0.4 is 0 Å². The molecule has 0 aromatic carbocycles. The second-order valence-electron chi connectivity index (χ2n) is 1.96. The summed E-state index contributed by atoms with van der Waals surface area (Å²) in [5.74, 6) is 0. The van der Waals surface area contributed by atoms with Crippen LogP contribution in [0.25, 0.3) is 10.3 Å². The van der Waals surface area contributed by atoms with Gasteiger partial charge in [-0.1, -0.05) is 11.3 Å². The number of thiazole rings is 1. The van der Waals surface area contributed by atoms with E-state index in [2.05, 4.69) is 9.97 Å². The van der Waals surface area contributed by atoms with E-state index in [0.717, 1.165) is 10.3 Å². The van der Waals surface area contributed by atoms with Crippen LogP contribution in [0.3, 0.4) is 0 Å². The minimum absolute atomic E-state index is 0.471. The number of rotatable bonds is 0. The molecule has 3 nitrogen and oxygen atoms in total. The Labute approximate surface area is 67.0 Å². The highest BCUT2D eigenvalue weighted by Gasteiger charge is 2.00. The summed E-state index contributed by atoms with van der Waals surface area (Å²) in [5.41, 5.74) is 0.800. The smallest absolute Gasteiger partial charge is 0.196 e. The van der Waals surface area contributed by atoms with Crippen LogP contribution in [-0.4, -0.2) is 9.97 Å². The summed E-state index contributed by atoms with van der Waals surface area (Å²) >= 11 is 1.31. The molecule has 0 aliphatic rings. The lowest BCUT2D eigenvalue weighted by molar-refractivity contribution is 1.38. The Morgan fingerprint density at radius 2 is 2.45 bits per heavy atom. The maximum Gasteiger partial charge on any atom is 0.196 e. The number of fused-ring (bicyclic) bond motifs is 1. The molecule has 0 aliphatic carbocycles. The van der Waals surface area contributed by atoms with Crippen molar-refractivity contribution in [3.05, 3.63) is 23.3 Å². The van der Waals surface area contributed by atoms with Gasteiger partial charge in [0.15, 0.2) is 5.01 Å². The number of aromatic nitrogens is 2. The molecule has 2 aromatic heterocycles. The third-order valence-electron chi connectivity index (χ3n) is 1.26. The zero-order chi connectivity index (χ0) is 7.68. The van der Waals surface area contributed by atoms with E-state index in [1.807, 2.05) is 18.2 Å². The summed E-state index contributed by atoms with van der Waals surface area (Å²) in [5, 5.41) is 8.98. The van der Waals surface area contributed by atoms with Gasteiger partial charge in [-0.05, 0) is 12.1 Å². The maximum atomic E-state index is 8.51. The van der Waals surface area contributed by atoms with Crippen molar-refractivity contribution in [1.29, 1.82) is 5.26 Å². The van der Waals surface area contributed by atoms with Crippen LogP contribution in [0.4, 0.5) is 0 Å². The van der Waals surface area contributed by atoms with Crippen LogP contribution in [0.1, 0.15) is 5.01 Å². The third-order valence-corrected chi connectivity index (χ3v) is 2.15. The number of hydrogen-bond acceptors (Lipinski definition) is 4. The minimum Gasteiger partial charge on any atom is -0.244 e. The second-order valence-corrected chi connectivity index (χ2v) is 2.94. The van der Waals surface area contributed by atoms with Gasteiger partial charge in [-0.3, -0.25) is 0 Å². The Balaban J connectivity index is 2.81. The third kappa shape index (κ3) is 0.954. The van der Waals surface area contributed by atoms with Gasteiger partial charge < -0.3 is 0 Å². The Bertz CT molecular complexity index is 393. The first kappa shape index (κ1) is 6.25. The minimum atomic E-state index is 0.471. The van der Waals surface area contributed by atoms with Gasteiger partial charge in [0.05, 0.1) is 0 Å². The molecule has 2 rings (SSSR count). The standard InChI is InChI=1S/C7H3N3S/c8-4-6-10-5-2-1-3-9-7(5)11-6/h1-3H. The van der Waals surface area contributed by atoms with Gasteiger partial charge >= 0.3 is 0 Å². The molecule has 0 unspecified atom stereocenters. The van der Waals surface area contributed by atoms with Gasteiger partial charge in [-0.15, -0.1) is 0 Å². The highest BCUT2D eigenvalue weighted by Crippen LogP contribution is 2.17. The van der Waals surface area contributed by atoms with Gasteiger partial charge in [0.1, 0.15) is 16.4 Å². The number of nitriles is 1. The quantitative estimate of drug-likeness (QED) is 0.589. The molecule has 0 spiro atoms. The lowest BCUT2D eigenvalue weighted by Gasteiger charge is -1.79.